The van der Waals surface area contributed by atoms with Crippen LogP contribution in [0, 0.1) is 30.5 Å². The molecule has 4 bridgehead atoms. The van der Waals surface area contributed by atoms with Gasteiger partial charge in [0.25, 0.3) is 0 Å². The van der Waals surface area contributed by atoms with E-state index in [9.17, 15) is 0 Å². The summed E-state index contributed by atoms with van der Waals surface area (Å²) in [5.41, 5.74) is 14.9. The Hall–Kier alpha value is -6.33. The molecule has 0 radical (unpaired) electrons. The number of hydrogen-bond acceptors (Lipinski definition) is 4. The van der Waals surface area contributed by atoms with Crippen molar-refractivity contribution >= 4 is 38.9 Å². The third kappa shape index (κ3) is 6.89. The fraction of sp³-hybridized carbons (Fsp3) is 0.349. The van der Waals surface area contributed by atoms with E-state index in [2.05, 4.69) is 184 Å². The zero-order valence-electron chi connectivity index (χ0n) is 43.8. The first kappa shape index (κ1) is 39.6. The van der Waals surface area contributed by atoms with Crippen LogP contribution in [0.25, 0.3) is 38.8 Å². The average Bonchev–Trinajstić information content (AvgIpc) is 3.87. The second-order valence-electron chi connectivity index (χ2n) is 21.8. The Bertz CT molecular complexity index is 3290. The number of aromatic nitrogens is 2. The lowest BCUT2D eigenvalue weighted by Crippen LogP contribution is -2.56. The van der Waals surface area contributed by atoms with E-state index in [1.54, 1.807) is 0 Å². The minimum absolute atomic E-state index is 0.223. The van der Waals surface area contributed by atoms with Gasteiger partial charge in [-0.25, -0.2) is 4.98 Å². The molecule has 4 fully saturated rings. The molecule has 5 aliphatic rings. The summed E-state index contributed by atoms with van der Waals surface area (Å²) in [4.78, 5) is 9.93. The molecule has 3 heterocycles. The molecule has 68 heavy (non-hydrogen) atoms. The number of hydrogen-bond donors (Lipinski definition) is 0. The van der Waals surface area contributed by atoms with E-state index in [0.717, 1.165) is 63.5 Å². The molecule has 0 N–H and O–H groups in total. The first-order valence-electron chi connectivity index (χ1n) is 26.9. The highest BCUT2D eigenvalue weighted by atomic mass is 16.5. The van der Waals surface area contributed by atoms with E-state index in [-0.39, 0.29) is 5.41 Å². The van der Waals surface area contributed by atoms with Crippen molar-refractivity contribution in [1.82, 2.24) is 9.55 Å². The smallest absolute Gasteiger partial charge is 0.137 e. The van der Waals surface area contributed by atoms with Gasteiger partial charge in [-0.15, -0.1) is 0 Å². The van der Waals surface area contributed by atoms with Crippen LogP contribution in [-0.2, 0) is 5.41 Å². The predicted octanol–water partition coefficient (Wildman–Crippen LogP) is 16.6. The second kappa shape index (κ2) is 16.4. The molecule has 0 spiro atoms. The summed E-state index contributed by atoms with van der Waals surface area (Å²) in [5, 5.41) is 2.31. The van der Waals surface area contributed by atoms with E-state index in [1.807, 2.05) is 18.3 Å². The van der Waals surface area contributed by atoms with Crippen LogP contribution in [0.5, 0.6) is 11.5 Å². The van der Waals surface area contributed by atoms with Crippen molar-refractivity contribution in [3.8, 4) is 28.4 Å². The van der Waals surface area contributed by atoms with Crippen LogP contribution in [0.3, 0.4) is 0 Å². The van der Waals surface area contributed by atoms with Crippen LogP contribution in [-0.4, -0.2) is 23.3 Å². The fourth-order valence-electron chi connectivity index (χ4n) is 13.8. The zero-order valence-corrected chi connectivity index (χ0v) is 40.8. The van der Waals surface area contributed by atoms with Gasteiger partial charge >= 0.3 is 0 Å². The molecule has 4 aliphatic carbocycles. The van der Waals surface area contributed by atoms with Crippen molar-refractivity contribution < 1.29 is 8.85 Å². The van der Waals surface area contributed by atoms with Gasteiger partial charge in [0.1, 0.15) is 17.3 Å². The summed E-state index contributed by atoms with van der Waals surface area (Å²) < 4.78 is 34.0. The molecule has 2 aromatic heterocycles. The first-order valence-corrected chi connectivity index (χ1v) is 25.4. The number of rotatable bonds is 10. The van der Waals surface area contributed by atoms with E-state index in [1.165, 1.54) is 82.2 Å². The summed E-state index contributed by atoms with van der Waals surface area (Å²) in [6, 6.07) is 48.3. The summed E-state index contributed by atoms with van der Waals surface area (Å²) in [6.45, 7) is 12.5. The minimum atomic E-state index is -2.14. The Morgan fingerprint density at radius 1 is 0.618 bits per heavy atom. The molecule has 0 atom stereocenters. The van der Waals surface area contributed by atoms with Gasteiger partial charge in [-0.05, 0) is 174 Å². The number of fused-ring (bicyclic) bond motifs is 4. The summed E-state index contributed by atoms with van der Waals surface area (Å²) in [7, 11) is 2.17. The lowest BCUT2D eigenvalue weighted by atomic mass is 9.42. The minimum Gasteiger partial charge on any atom is -0.457 e. The van der Waals surface area contributed by atoms with Gasteiger partial charge in [-0.1, -0.05) is 114 Å². The van der Waals surface area contributed by atoms with Crippen molar-refractivity contribution in [3.05, 3.63) is 173 Å². The molecular formula is C63H66N4O. The molecule has 0 saturated heterocycles. The third-order valence-electron chi connectivity index (χ3n) is 16.7. The number of aryl methyl sites for hydroxylation is 1. The summed E-state index contributed by atoms with van der Waals surface area (Å²) in [5.74, 6) is 6.02. The highest BCUT2D eigenvalue weighted by Gasteiger charge is 2.58. The standard InChI is InChI=1S/C63H66N4O/c1-38(2)44-32-55(39(3)4)62(56(33-44)40(5)6)45-30-50(66-37-65(8)58-15-11-12-16-59(58)66)35-52(31-45)68-51-21-22-54-53-13-9-10-14-57(53)67(60(54)36-51)61-34-47(23-24-64-61)63(46-19-17-41(7)18-20-46)48-26-42-25-43(28-48)29-49(63)27-42/h9-24,30-36,38-40,42-43,48-49H,25-29,37H2,1-8H3/i7D3. The Balaban J connectivity index is 1.00. The summed E-state index contributed by atoms with van der Waals surface area (Å²) in [6.07, 6.45) is 8.23. The van der Waals surface area contributed by atoms with Crippen LogP contribution >= 0.6 is 0 Å². The predicted molar refractivity (Wildman–Crippen MR) is 284 cm³/mol. The van der Waals surface area contributed by atoms with Crippen molar-refractivity contribution in [1.29, 1.82) is 0 Å². The number of nitrogens with zero attached hydrogens (tertiary/aromatic N) is 4. The Kier molecular flexibility index (Phi) is 9.58. The highest BCUT2D eigenvalue weighted by Crippen LogP contribution is 2.65. The third-order valence-corrected chi connectivity index (χ3v) is 16.7. The Labute approximate surface area is 408 Å². The Morgan fingerprint density at radius 3 is 1.99 bits per heavy atom. The summed E-state index contributed by atoms with van der Waals surface area (Å²) >= 11 is 0. The van der Waals surface area contributed by atoms with Crippen molar-refractivity contribution in [2.24, 2.45) is 23.7 Å². The number of anilines is 3. The Morgan fingerprint density at radius 2 is 1.29 bits per heavy atom. The maximum atomic E-state index is 8.17. The van der Waals surface area contributed by atoms with Gasteiger partial charge in [0.05, 0.1) is 29.1 Å². The SMILES string of the molecule is [2H]C([2H])([2H])c1ccc(C2(c3ccnc(-n4c5ccccc5c5ccc(Oc6cc(-c7c(C(C)C)cc(C(C)C)cc7C(C)C)cc(N7CN(C)c8ccccc87)c6)cc54)c3)C3CC4CC(C3)CC2C4)cc1. The normalized spacial score (nSPS) is 22.7. The maximum absolute atomic E-state index is 8.17. The van der Waals surface area contributed by atoms with E-state index in [0.29, 0.717) is 35.2 Å². The number of benzene rings is 6. The van der Waals surface area contributed by atoms with Crippen LogP contribution < -0.4 is 14.5 Å². The average molecular weight is 898 g/mol. The molecule has 344 valence electrons. The van der Waals surface area contributed by atoms with Gasteiger partial charge < -0.3 is 14.5 Å². The van der Waals surface area contributed by atoms with Gasteiger partial charge in [0, 0.05) is 51.4 Å². The van der Waals surface area contributed by atoms with Crippen LogP contribution in [0.4, 0.5) is 17.1 Å². The van der Waals surface area contributed by atoms with Crippen molar-refractivity contribution in [2.75, 3.05) is 23.5 Å². The zero-order chi connectivity index (χ0) is 49.1. The molecule has 1 aliphatic heterocycles. The molecule has 5 heteroatoms. The molecule has 6 aromatic carbocycles. The van der Waals surface area contributed by atoms with Crippen LogP contribution in [0.1, 0.15) is 129 Å². The van der Waals surface area contributed by atoms with Crippen molar-refractivity contribution in [3.63, 3.8) is 0 Å². The molecule has 13 rings (SSSR count). The topological polar surface area (TPSA) is 33.5 Å². The van der Waals surface area contributed by atoms with E-state index >= 15 is 0 Å². The number of para-hydroxylation sites is 3. The number of ether oxygens (including phenoxy) is 1. The maximum Gasteiger partial charge on any atom is 0.137 e. The van der Waals surface area contributed by atoms with Gasteiger partial charge in [-0.2, -0.15) is 0 Å². The molecule has 5 nitrogen and oxygen atoms in total. The molecule has 0 amide bonds. The van der Waals surface area contributed by atoms with E-state index in [4.69, 9.17) is 13.8 Å². The fourth-order valence-corrected chi connectivity index (χ4v) is 13.8. The highest BCUT2D eigenvalue weighted by molar-refractivity contribution is 6.09. The van der Waals surface area contributed by atoms with Crippen LogP contribution in [0.2, 0.25) is 0 Å². The largest absolute Gasteiger partial charge is 0.457 e. The lowest BCUT2D eigenvalue weighted by molar-refractivity contribution is -0.0418. The second-order valence-corrected chi connectivity index (χ2v) is 21.8. The van der Waals surface area contributed by atoms with Crippen LogP contribution in [0.15, 0.2) is 140 Å². The number of pyridine rings is 1. The monoisotopic (exact) mass is 898 g/mol. The van der Waals surface area contributed by atoms with Gasteiger partial charge in [0.2, 0.25) is 0 Å². The quantitative estimate of drug-likeness (QED) is 0.137. The molecule has 4 saturated carbocycles. The molecule has 0 unspecified atom stereocenters. The lowest BCUT2D eigenvalue weighted by Gasteiger charge is -2.62. The van der Waals surface area contributed by atoms with Crippen molar-refractivity contribution in [2.45, 2.75) is 104 Å². The van der Waals surface area contributed by atoms with Gasteiger partial charge in [0.15, 0.2) is 0 Å². The van der Waals surface area contributed by atoms with E-state index < -0.39 is 6.85 Å². The van der Waals surface area contributed by atoms with Gasteiger partial charge in [-0.3, -0.25) is 4.57 Å². The molecular weight excluding hydrogens is 829 g/mol. The first-order chi connectivity index (χ1) is 34.1. The molecule has 8 aromatic rings.